The number of hydrogen-bond acceptors (Lipinski definition) is 1. The predicted octanol–water partition coefficient (Wildman–Crippen LogP) is 4.62. The minimum absolute atomic E-state index is 0.981. The van der Waals surface area contributed by atoms with E-state index in [0.717, 1.165) is 0 Å². The van der Waals surface area contributed by atoms with E-state index in [9.17, 15) is 0 Å². The van der Waals surface area contributed by atoms with Gasteiger partial charge in [0.25, 0.3) is 0 Å². The zero-order valence-corrected chi connectivity index (χ0v) is 15.5. The summed E-state index contributed by atoms with van der Waals surface area (Å²) in [6, 6.07) is 0. The van der Waals surface area contributed by atoms with Crippen LogP contribution in [0.2, 0.25) is 39.3 Å². The number of hydrogen-bond donors (Lipinski definition) is 1. The molecule has 14 heavy (non-hydrogen) atoms. The van der Waals surface area contributed by atoms with Gasteiger partial charge in [-0.05, 0) is 0 Å². The van der Waals surface area contributed by atoms with Gasteiger partial charge in [-0.25, -0.2) is 0 Å². The van der Waals surface area contributed by atoms with Gasteiger partial charge < -0.3 is 4.65 Å². The molecule has 0 radical (unpaired) electrons. The van der Waals surface area contributed by atoms with E-state index in [1.165, 1.54) is 0 Å². The molecule has 0 spiro atoms. The monoisotopic (exact) mass is 329 g/mol. The molecule has 0 aromatic rings. The van der Waals surface area contributed by atoms with Gasteiger partial charge in [0.15, 0.2) is 0 Å². The average molecular weight is 331 g/mol. The molecule has 0 aliphatic rings. The lowest BCUT2D eigenvalue weighted by Crippen LogP contribution is -2.55. The van der Waals surface area contributed by atoms with Crippen LogP contribution in [0.4, 0.5) is 0 Å². The molecule has 0 aromatic heterocycles. The van der Waals surface area contributed by atoms with E-state index < -0.39 is 21.8 Å². The second-order valence-corrected chi connectivity index (χ2v) is 26.2. The number of nitrogens with one attached hydrogen (secondary N) is 1. The van der Waals surface area contributed by atoms with Crippen molar-refractivity contribution >= 4 is 66.1 Å². The molecular formula is C6H19Cl4NSi3. The van der Waals surface area contributed by atoms with Crippen molar-refractivity contribution < 1.29 is 0 Å². The Hall–Kier alpha value is 1.77. The smallest absolute Gasteiger partial charge is 0.360 e. The Morgan fingerprint density at radius 1 is 0.643 bits per heavy atom. The molecule has 0 atom stereocenters. The Bertz CT molecular complexity index is 140. The third-order valence-electron chi connectivity index (χ3n) is 0.750. The van der Waals surface area contributed by atoms with Crippen molar-refractivity contribution in [3.05, 3.63) is 0 Å². The Morgan fingerprint density at radius 2 is 0.786 bits per heavy atom. The topological polar surface area (TPSA) is 12.0 Å². The van der Waals surface area contributed by atoms with Crippen molar-refractivity contribution in [1.82, 2.24) is 4.65 Å². The maximum Gasteiger partial charge on any atom is 0.440 e. The maximum absolute atomic E-state index is 4.97. The molecule has 0 saturated carbocycles. The molecule has 0 saturated heterocycles. The third kappa shape index (κ3) is 37.2. The maximum atomic E-state index is 4.97. The summed E-state index contributed by atoms with van der Waals surface area (Å²) < 4.78 is 3.74. The van der Waals surface area contributed by atoms with E-state index >= 15 is 0 Å². The number of rotatable bonds is 2. The van der Waals surface area contributed by atoms with Crippen molar-refractivity contribution in [2.75, 3.05) is 0 Å². The Morgan fingerprint density at radius 3 is 0.786 bits per heavy atom. The van der Waals surface area contributed by atoms with Crippen LogP contribution < -0.4 is 4.65 Å². The molecule has 0 aromatic carbocycles. The lowest BCUT2D eigenvalue weighted by Gasteiger charge is -2.28. The molecule has 8 heteroatoms. The zero-order chi connectivity index (χ0) is 12.2. The van der Waals surface area contributed by atoms with E-state index in [1.807, 2.05) is 0 Å². The van der Waals surface area contributed by atoms with Crippen LogP contribution in [0.3, 0.4) is 0 Å². The summed E-state index contributed by atoms with van der Waals surface area (Å²) >= 11 is 19.9. The summed E-state index contributed by atoms with van der Waals surface area (Å²) in [5.74, 6) is 0. The average Bonchev–Trinajstić information content (AvgIpc) is 1.42. The lowest BCUT2D eigenvalue weighted by atomic mass is 11.8. The van der Waals surface area contributed by atoms with Gasteiger partial charge in [-0.3, -0.25) is 0 Å². The first kappa shape index (κ1) is 18.1. The van der Waals surface area contributed by atoms with E-state index in [2.05, 4.69) is 43.9 Å². The molecule has 0 aliphatic heterocycles. The molecule has 0 heterocycles. The minimum atomic E-state index is -2.72. The van der Waals surface area contributed by atoms with Crippen LogP contribution in [-0.2, 0) is 0 Å². The first-order chi connectivity index (χ1) is 5.71. The highest BCUT2D eigenvalue weighted by Crippen LogP contribution is 2.23. The van der Waals surface area contributed by atoms with Crippen molar-refractivity contribution in [2.45, 2.75) is 39.3 Å². The van der Waals surface area contributed by atoms with Gasteiger partial charge >= 0.3 is 5.31 Å². The first-order valence-corrected chi connectivity index (χ1v) is 17.3. The van der Waals surface area contributed by atoms with Crippen molar-refractivity contribution in [3.8, 4) is 0 Å². The van der Waals surface area contributed by atoms with E-state index in [-0.39, 0.29) is 0 Å². The van der Waals surface area contributed by atoms with Gasteiger partial charge in [0, 0.05) is 0 Å². The highest BCUT2D eigenvalue weighted by molar-refractivity contribution is 7.81. The lowest BCUT2D eigenvalue weighted by molar-refractivity contribution is 1.30. The fourth-order valence-corrected chi connectivity index (χ4v) is 10.1. The van der Waals surface area contributed by atoms with E-state index in [0.29, 0.717) is 0 Å². The molecule has 88 valence electrons. The zero-order valence-electron chi connectivity index (χ0n) is 9.51. The predicted molar refractivity (Wildman–Crippen MR) is 79.0 cm³/mol. The SMILES string of the molecule is C[Si](C)(C)N[Si](C)(C)C.Cl[Si](Cl)(Cl)Cl. The van der Waals surface area contributed by atoms with Crippen LogP contribution in [-0.4, -0.2) is 21.8 Å². The van der Waals surface area contributed by atoms with Gasteiger partial charge in [-0.15, -0.1) is 44.3 Å². The summed E-state index contributed by atoms with van der Waals surface area (Å²) in [5.41, 5.74) is 0. The van der Waals surface area contributed by atoms with Crippen LogP contribution in [0.5, 0.6) is 0 Å². The largest absolute Gasteiger partial charge is 0.440 e. The van der Waals surface area contributed by atoms with Gasteiger partial charge in [0.2, 0.25) is 0 Å². The molecule has 0 unspecified atom stereocenters. The molecule has 1 nitrogen and oxygen atoms in total. The highest BCUT2D eigenvalue weighted by Gasteiger charge is 2.22. The second kappa shape index (κ2) is 6.49. The summed E-state index contributed by atoms with van der Waals surface area (Å²) in [4.78, 5) is 0. The van der Waals surface area contributed by atoms with Crippen LogP contribution in [0.15, 0.2) is 0 Å². The van der Waals surface area contributed by atoms with Crippen molar-refractivity contribution in [2.24, 2.45) is 0 Å². The standard InChI is InChI=1S/C6H19NSi2.Cl4Si/c1-8(2,3)7-9(4,5)6;1-5(2,3)4/h7H,1-6H3;. The second-order valence-electron chi connectivity index (χ2n) is 5.05. The van der Waals surface area contributed by atoms with Gasteiger partial charge in [-0.2, -0.15) is 0 Å². The fourth-order valence-electron chi connectivity index (χ4n) is 1.12. The molecule has 1 N–H and O–H groups in total. The summed E-state index contributed by atoms with van der Waals surface area (Å²) in [7, 11) is -1.96. The summed E-state index contributed by atoms with van der Waals surface area (Å²) in [6.07, 6.45) is 0. The van der Waals surface area contributed by atoms with Crippen molar-refractivity contribution in [1.29, 1.82) is 0 Å². The quantitative estimate of drug-likeness (QED) is 0.575. The summed E-state index contributed by atoms with van der Waals surface area (Å²) in [5, 5.41) is -2.72. The molecule has 0 aliphatic carbocycles. The molecule has 0 amide bonds. The molecule has 0 bridgehead atoms. The Kier molecular flexibility index (Phi) is 8.41. The van der Waals surface area contributed by atoms with Crippen LogP contribution in [0.1, 0.15) is 0 Å². The van der Waals surface area contributed by atoms with Gasteiger partial charge in [-0.1, -0.05) is 39.3 Å². The first-order valence-electron chi connectivity index (χ1n) is 4.26. The van der Waals surface area contributed by atoms with Crippen LogP contribution in [0.25, 0.3) is 0 Å². The van der Waals surface area contributed by atoms with E-state index in [4.69, 9.17) is 44.3 Å². The Balaban J connectivity index is 0. The van der Waals surface area contributed by atoms with Crippen molar-refractivity contribution in [3.63, 3.8) is 0 Å². The normalized spacial score (nSPS) is 13.3. The van der Waals surface area contributed by atoms with Gasteiger partial charge in [0.05, 0.1) is 0 Å². The third-order valence-corrected chi connectivity index (χ3v) is 6.75. The molecular weight excluding hydrogens is 312 g/mol. The molecule has 0 fully saturated rings. The summed E-state index contributed by atoms with van der Waals surface area (Å²) in [6.45, 7) is 14.1. The van der Waals surface area contributed by atoms with Crippen LogP contribution >= 0.6 is 44.3 Å². The number of halogens is 4. The molecule has 0 rings (SSSR count). The minimum Gasteiger partial charge on any atom is -0.360 e. The fraction of sp³-hybridized carbons (Fsp3) is 1.00. The van der Waals surface area contributed by atoms with Gasteiger partial charge in [0.1, 0.15) is 16.5 Å². The van der Waals surface area contributed by atoms with Crippen LogP contribution in [0, 0.1) is 0 Å². The Labute approximate surface area is 109 Å². The highest BCUT2D eigenvalue weighted by atomic mass is 36.0. The van der Waals surface area contributed by atoms with E-state index in [1.54, 1.807) is 0 Å².